The molecule has 0 saturated heterocycles. The van der Waals surface area contributed by atoms with E-state index in [-0.39, 0.29) is 12.2 Å². The standard InChI is InChI=1S/C11H12FN5O2/c1-13-5-11-14-7-15-16(11)6-8-2-9(12)4-10(3-8)17(18)19/h2-4,7,13H,5-6H2,1H3. The Balaban J connectivity index is 2.27. The van der Waals surface area contributed by atoms with Crippen molar-refractivity contribution in [3.63, 3.8) is 0 Å². The fourth-order valence-corrected chi connectivity index (χ4v) is 1.72. The van der Waals surface area contributed by atoms with Crippen molar-refractivity contribution in [3.8, 4) is 0 Å². The lowest BCUT2D eigenvalue weighted by Crippen LogP contribution is -2.14. The Hall–Kier alpha value is -2.35. The van der Waals surface area contributed by atoms with Crippen LogP contribution in [0.3, 0.4) is 0 Å². The van der Waals surface area contributed by atoms with Crippen LogP contribution in [-0.2, 0) is 13.1 Å². The van der Waals surface area contributed by atoms with Crippen LogP contribution in [0.2, 0.25) is 0 Å². The lowest BCUT2D eigenvalue weighted by atomic mass is 10.2. The first-order valence-corrected chi connectivity index (χ1v) is 5.55. The van der Waals surface area contributed by atoms with Crippen LogP contribution < -0.4 is 5.32 Å². The third kappa shape index (κ3) is 3.10. The number of nitrogens with zero attached hydrogens (tertiary/aromatic N) is 4. The van der Waals surface area contributed by atoms with Gasteiger partial charge < -0.3 is 5.32 Å². The SMILES string of the molecule is CNCc1ncnn1Cc1cc(F)cc([N+](=O)[O-])c1. The molecule has 100 valence electrons. The van der Waals surface area contributed by atoms with Crippen LogP contribution in [0.5, 0.6) is 0 Å². The molecule has 1 heterocycles. The number of nitrogens with one attached hydrogen (secondary N) is 1. The Morgan fingerprint density at radius 3 is 2.95 bits per heavy atom. The molecule has 0 bridgehead atoms. The third-order valence-corrected chi connectivity index (χ3v) is 2.52. The van der Waals surface area contributed by atoms with Gasteiger partial charge in [0.2, 0.25) is 0 Å². The number of hydrogen-bond donors (Lipinski definition) is 1. The van der Waals surface area contributed by atoms with Crippen molar-refractivity contribution < 1.29 is 9.31 Å². The van der Waals surface area contributed by atoms with Gasteiger partial charge in [-0.25, -0.2) is 14.1 Å². The predicted octanol–water partition coefficient (Wildman–Crippen LogP) is 1.09. The van der Waals surface area contributed by atoms with E-state index in [1.165, 1.54) is 18.5 Å². The molecule has 0 unspecified atom stereocenters. The van der Waals surface area contributed by atoms with E-state index in [0.717, 1.165) is 6.07 Å². The summed E-state index contributed by atoms with van der Waals surface area (Å²) in [6.45, 7) is 0.743. The monoisotopic (exact) mass is 265 g/mol. The second-order valence-corrected chi connectivity index (χ2v) is 3.94. The van der Waals surface area contributed by atoms with Gasteiger partial charge in [0.25, 0.3) is 5.69 Å². The minimum absolute atomic E-state index is 0.232. The number of non-ortho nitro benzene ring substituents is 1. The van der Waals surface area contributed by atoms with Crippen LogP contribution >= 0.6 is 0 Å². The van der Waals surface area contributed by atoms with E-state index in [9.17, 15) is 14.5 Å². The van der Waals surface area contributed by atoms with E-state index >= 15 is 0 Å². The zero-order valence-electron chi connectivity index (χ0n) is 10.2. The lowest BCUT2D eigenvalue weighted by molar-refractivity contribution is -0.385. The average molecular weight is 265 g/mol. The summed E-state index contributed by atoms with van der Waals surface area (Å²) in [7, 11) is 1.77. The molecule has 1 aromatic heterocycles. The quantitative estimate of drug-likeness (QED) is 0.646. The maximum absolute atomic E-state index is 13.3. The van der Waals surface area contributed by atoms with Gasteiger partial charge in [-0.3, -0.25) is 10.1 Å². The first-order valence-electron chi connectivity index (χ1n) is 5.55. The number of aromatic nitrogens is 3. The molecule has 8 heteroatoms. The summed E-state index contributed by atoms with van der Waals surface area (Å²) in [6, 6.07) is 3.46. The fraction of sp³-hybridized carbons (Fsp3) is 0.273. The van der Waals surface area contributed by atoms with Gasteiger partial charge in [-0.2, -0.15) is 5.10 Å². The molecule has 0 radical (unpaired) electrons. The highest BCUT2D eigenvalue weighted by atomic mass is 19.1. The van der Waals surface area contributed by atoms with Crippen molar-refractivity contribution in [1.29, 1.82) is 0 Å². The summed E-state index contributed by atoms with van der Waals surface area (Å²) in [5.74, 6) is 0.0360. The number of rotatable bonds is 5. The van der Waals surface area contributed by atoms with Gasteiger partial charge in [-0.15, -0.1) is 0 Å². The summed E-state index contributed by atoms with van der Waals surface area (Å²) in [4.78, 5) is 14.1. The van der Waals surface area contributed by atoms with Crippen LogP contribution in [0.4, 0.5) is 10.1 Å². The normalized spacial score (nSPS) is 10.6. The maximum Gasteiger partial charge on any atom is 0.272 e. The Morgan fingerprint density at radius 1 is 1.47 bits per heavy atom. The highest BCUT2D eigenvalue weighted by molar-refractivity contribution is 5.35. The van der Waals surface area contributed by atoms with Crippen molar-refractivity contribution >= 4 is 5.69 Å². The molecule has 0 aliphatic carbocycles. The average Bonchev–Trinajstić information content (AvgIpc) is 2.76. The molecular weight excluding hydrogens is 253 g/mol. The van der Waals surface area contributed by atoms with Crippen molar-refractivity contribution in [2.45, 2.75) is 13.1 Å². The fourth-order valence-electron chi connectivity index (χ4n) is 1.72. The Morgan fingerprint density at radius 2 is 2.26 bits per heavy atom. The molecule has 0 aliphatic heterocycles. The lowest BCUT2D eigenvalue weighted by Gasteiger charge is -2.06. The van der Waals surface area contributed by atoms with Crippen molar-refractivity contribution in [3.05, 3.63) is 51.8 Å². The van der Waals surface area contributed by atoms with Crippen molar-refractivity contribution in [2.75, 3.05) is 7.05 Å². The summed E-state index contributed by atoms with van der Waals surface area (Å²) in [5, 5.41) is 17.6. The van der Waals surface area contributed by atoms with Crippen LogP contribution in [0.25, 0.3) is 0 Å². The number of hydrogen-bond acceptors (Lipinski definition) is 5. The molecule has 0 spiro atoms. The molecule has 1 N–H and O–H groups in total. The predicted molar refractivity (Wildman–Crippen MR) is 64.9 cm³/mol. The minimum Gasteiger partial charge on any atom is -0.313 e. The smallest absolute Gasteiger partial charge is 0.272 e. The van der Waals surface area contributed by atoms with E-state index in [0.29, 0.717) is 17.9 Å². The Kier molecular flexibility index (Phi) is 3.81. The summed E-state index contributed by atoms with van der Waals surface area (Å²) in [6.07, 6.45) is 1.39. The molecule has 19 heavy (non-hydrogen) atoms. The van der Waals surface area contributed by atoms with Crippen LogP contribution in [-0.4, -0.2) is 26.7 Å². The van der Waals surface area contributed by atoms with Crippen LogP contribution in [0.1, 0.15) is 11.4 Å². The maximum atomic E-state index is 13.3. The van der Waals surface area contributed by atoms with Crippen molar-refractivity contribution in [1.82, 2.24) is 20.1 Å². The van der Waals surface area contributed by atoms with E-state index in [1.807, 2.05) is 0 Å². The molecule has 0 aliphatic rings. The van der Waals surface area contributed by atoms with Gasteiger partial charge in [-0.05, 0) is 18.7 Å². The zero-order chi connectivity index (χ0) is 13.8. The molecule has 7 nitrogen and oxygen atoms in total. The molecule has 0 amide bonds. The van der Waals surface area contributed by atoms with E-state index in [4.69, 9.17) is 0 Å². The van der Waals surface area contributed by atoms with E-state index in [2.05, 4.69) is 15.4 Å². The highest BCUT2D eigenvalue weighted by Gasteiger charge is 2.11. The first kappa shape index (κ1) is 13.1. The number of halogens is 1. The number of benzene rings is 1. The number of nitro benzene ring substituents is 1. The van der Waals surface area contributed by atoms with Gasteiger partial charge in [0.05, 0.1) is 24.1 Å². The molecule has 0 saturated carbocycles. The van der Waals surface area contributed by atoms with Crippen LogP contribution in [0, 0.1) is 15.9 Å². The van der Waals surface area contributed by atoms with Gasteiger partial charge in [0, 0.05) is 6.07 Å². The zero-order valence-corrected chi connectivity index (χ0v) is 10.2. The molecule has 0 fully saturated rings. The third-order valence-electron chi connectivity index (χ3n) is 2.52. The highest BCUT2D eigenvalue weighted by Crippen LogP contribution is 2.17. The molecule has 0 atom stereocenters. The summed E-state index contributed by atoms with van der Waals surface area (Å²) < 4.78 is 14.9. The second kappa shape index (κ2) is 5.53. The second-order valence-electron chi connectivity index (χ2n) is 3.94. The van der Waals surface area contributed by atoms with Gasteiger partial charge in [0.15, 0.2) is 0 Å². The van der Waals surface area contributed by atoms with Gasteiger partial charge in [0.1, 0.15) is 18.0 Å². The van der Waals surface area contributed by atoms with E-state index in [1.54, 1.807) is 11.7 Å². The summed E-state index contributed by atoms with van der Waals surface area (Å²) in [5.41, 5.74) is 0.194. The Labute approximate surface area is 108 Å². The van der Waals surface area contributed by atoms with E-state index < -0.39 is 10.7 Å². The molecule has 1 aromatic carbocycles. The minimum atomic E-state index is -0.639. The van der Waals surface area contributed by atoms with Gasteiger partial charge in [-0.1, -0.05) is 0 Å². The largest absolute Gasteiger partial charge is 0.313 e. The molecular formula is C11H12FN5O2. The van der Waals surface area contributed by atoms with Gasteiger partial charge >= 0.3 is 0 Å². The van der Waals surface area contributed by atoms with Crippen molar-refractivity contribution in [2.24, 2.45) is 0 Å². The molecule has 2 aromatic rings. The number of nitro groups is 1. The summed E-state index contributed by atoms with van der Waals surface area (Å²) >= 11 is 0. The van der Waals surface area contributed by atoms with Crippen LogP contribution in [0.15, 0.2) is 24.5 Å². The molecule has 2 rings (SSSR count). The topological polar surface area (TPSA) is 85.9 Å². The first-order chi connectivity index (χ1) is 9.10. The Bertz CT molecular complexity index is 599.